The summed E-state index contributed by atoms with van der Waals surface area (Å²) in [5.74, 6) is -2.83. The maximum Gasteiger partial charge on any atom is 0.300 e. The van der Waals surface area contributed by atoms with Crippen molar-refractivity contribution in [1.29, 1.82) is 0 Å². The van der Waals surface area contributed by atoms with Crippen LogP contribution in [-0.2, 0) is 4.84 Å². The highest BCUT2D eigenvalue weighted by atomic mass is 16.8. The molecule has 3 N–H and O–H groups in total. The molecule has 0 bridgehead atoms. The molecule has 5 heteroatoms. The molecule has 0 spiro atoms. The molecular weight excluding hydrogens is 246 g/mol. The van der Waals surface area contributed by atoms with Gasteiger partial charge in [0, 0.05) is 12.0 Å². The molecule has 0 aliphatic rings. The Bertz CT molecular complexity index is 378. The monoisotopic (exact) mass is 267 g/mol. The fourth-order valence-corrected chi connectivity index (χ4v) is 1.61. The summed E-state index contributed by atoms with van der Waals surface area (Å²) in [6, 6.07) is 8.43. The highest BCUT2D eigenvalue weighted by Gasteiger charge is 2.25. The van der Waals surface area contributed by atoms with Crippen LogP contribution in [0, 0.1) is 0 Å². The van der Waals surface area contributed by atoms with E-state index in [-0.39, 0.29) is 6.42 Å². The Hall–Kier alpha value is -1.43. The normalized spacial score (nSPS) is 11.3. The van der Waals surface area contributed by atoms with Gasteiger partial charge in [0.05, 0.1) is 0 Å². The average molecular weight is 267 g/mol. The summed E-state index contributed by atoms with van der Waals surface area (Å²) in [6.07, 6.45) is 3.68. The van der Waals surface area contributed by atoms with Crippen LogP contribution < -0.4 is 5.48 Å². The molecule has 1 aromatic rings. The van der Waals surface area contributed by atoms with E-state index < -0.39 is 11.9 Å². The highest BCUT2D eigenvalue weighted by molar-refractivity contribution is 5.93. The Kier molecular flexibility index (Phi) is 6.49. The maximum atomic E-state index is 11.6. The summed E-state index contributed by atoms with van der Waals surface area (Å²) in [7, 11) is 0. The van der Waals surface area contributed by atoms with Crippen molar-refractivity contribution in [3.8, 4) is 0 Å². The lowest BCUT2D eigenvalue weighted by Crippen LogP contribution is -2.40. The van der Waals surface area contributed by atoms with Gasteiger partial charge >= 0.3 is 0 Å². The SMILES string of the molecule is CCCCCCC(O)(O)ONC(=O)c1ccccc1. The van der Waals surface area contributed by atoms with Crippen molar-refractivity contribution < 1.29 is 19.8 Å². The fourth-order valence-electron chi connectivity index (χ4n) is 1.61. The molecule has 5 nitrogen and oxygen atoms in total. The second-order valence-corrected chi connectivity index (χ2v) is 4.45. The molecule has 1 rings (SSSR count). The van der Waals surface area contributed by atoms with E-state index in [1.165, 1.54) is 0 Å². The van der Waals surface area contributed by atoms with Gasteiger partial charge in [0.2, 0.25) is 0 Å². The molecule has 0 heterocycles. The number of carbonyl (C=O) groups is 1. The maximum absolute atomic E-state index is 11.6. The summed E-state index contributed by atoms with van der Waals surface area (Å²) in [5.41, 5.74) is 2.43. The summed E-state index contributed by atoms with van der Waals surface area (Å²) in [6.45, 7) is 2.07. The number of rotatable bonds is 8. The van der Waals surface area contributed by atoms with Crippen LogP contribution in [0.2, 0.25) is 0 Å². The van der Waals surface area contributed by atoms with Crippen molar-refractivity contribution in [3.05, 3.63) is 35.9 Å². The molecule has 0 saturated carbocycles. The van der Waals surface area contributed by atoms with Crippen LogP contribution in [0.1, 0.15) is 49.4 Å². The Morgan fingerprint density at radius 1 is 1.21 bits per heavy atom. The van der Waals surface area contributed by atoms with Crippen LogP contribution >= 0.6 is 0 Å². The van der Waals surface area contributed by atoms with E-state index in [1.54, 1.807) is 30.3 Å². The smallest absolute Gasteiger partial charge is 0.300 e. The van der Waals surface area contributed by atoms with Gasteiger partial charge in [0.1, 0.15) is 0 Å². The van der Waals surface area contributed by atoms with Gasteiger partial charge in [0.15, 0.2) is 0 Å². The van der Waals surface area contributed by atoms with Crippen molar-refractivity contribution in [3.63, 3.8) is 0 Å². The summed E-state index contributed by atoms with van der Waals surface area (Å²) in [5, 5.41) is 19.1. The van der Waals surface area contributed by atoms with Gasteiger partial charge in [-0.2, -0.15) is 0 Å². The van der Waals surface area contributed by atoms with E-state index in [0.717, 1.165) is 19.3 Å². The minimum atomic E-state index is -2.32. The first-order chi connectivity index (χ1) is 9.05. The predicted octanol–water partition coefficient (Wildman–Crippen LogP) is 1.96. The van der Waals surface area contributed by atoms with Crippen molar-refractivity contribution >= 4 is 5.91 Å². The van der Waals surface area contributed by atoms with E-state index in [1.807, 2.05) is 5.48 Å². The molecule has 0 atom stereocenters. The second-order valence-electron chi connectivity index (χ2n) is 4.45. The van der Waals surface area contributed by atoms with Crippen molar-refractivity contribution in [2.24, 2.45) is 0 Å². The summed E-state index contributed by atoms with van der Waals surface area (Å²) >= 11 is 0. The molecule has 1 amide bonds. The number of hydrogen-bond donors (Lipinski definition) is 3. The highest BCUT2D eigenvalue weighted by Crippen LogP contribution is 2.13. The Morgan fingerprint density at radius 2 is 1.89 bits per heavy atom. The third-order valence-electron chi connectivity index (χ3n) is 2.70. The second kappa shape index (κ2) is 7.89. The first-order valence-corrected chi connectivity index (χ1v) is 6.53. The third kappa shape index (κ3) is 6.33. The zero-order valence-corrected chi connectivity index (χ0v) is 11.1. The van der Waals surface area contributed by atoms with Gasteiger partial charge in [0.25, 0.3) is 11.9 Å². The molecule has 0 radical (unpaired) electrons. The van der Waals surface area contributed by atoms with Crippen LogP contribution in [0.4, 0.5) is 0 Å². The molecule has 0 aliphatic carbocycles. The van der Waals surface area contributed by atoms with Gasteiger partial charge in [-0.25, -0.2) is 10.3 Å². The van der Waals surface area contributed by atoms with Crippen molar-refractivity contribution in [2.75, 3.05) is 0 Å². The molecular formula is C14H21NO4. The Labute approximate surface area is 113 Å². The van der Waals surface area contributed by atoms with Crippen LogP contribution in [-0.4, -0.2) is 22.1 Å². The predicted molar refractivity (Wildman–Crippen MR) is 70.9 cm³/mol. The lowest BCUT2D eigenvalue weighted by molar-refractivity contribution is -0.358. The Balaban J connectivity index is 2.32. The number of hydrogen-bond acceptors (Lipinski definition) is 4. The lowest BCUT2D eigenvalue weighted by atomic mass is 10.1. The largest absolute Gasteiger partial charge is 0.342 e. The van der Waals surface area contributed by atoms with Crippen molar-refractivity contribution in [2.45, 2.75) is 45.0 Å². The van der Waals surface area contributed by atoms with Crippen LogP contribution in [0.3, 0.4) is 0 Å². The van der Waals surface area contributed by atoms with E-state index in [2.05, 4.69) is 11.8 Å². The number of unbranched alkanes of at least 4 members (excludes halogenated alkanes) is 3. The zero-order valence-electron chi connectivity index (χ0n) is 11.1. The first-order valence-electron chi connectivity index (χ1n) is 6.53. The van der Waals surface area contributed by atoms with Crippen LogP contribution in [0.15, 0.2) is 30.3 Å². The number of carbonyl (C=O) groups excluding carboxylic acids is 1. The first kappa shape index (κ1) is 15.6. The minimum Gasteiger partial charge on any atom is -0.342 e. The summed E-state index contributed by atoms with van der Waals surface area (Å²) in [4.78, 5) is 16.2. The molecule has 0 saturated heterocycles. The number of nitrogens with one attached hydrogen (secondary N) is 1. The van der Waals surface area contributed by atoms with Crippen LogP contribution in [0.25, 0.3) is 0 Å². The van der Waals surface area contributed by atoms with Gasteiger partial charge in [-0.15, -0.1) is 0 Å². The van der Waals surface area contributed by atoms with E-state index in [9.17, 15) is 15.0 Å². The number of hydroxylamine groups is 1. The molecule has 0 fully saturated rings. The Morgan fingerprint density at radius 3 is 2.53 bits per heavy atom. The van der Waals surface area contributed by atoms with Crippen LogP contribution in [0.5, 0.6) is 0 Å². The van der Waals surface area contributed by atoms with E-state index in [0.29, 0.717) is 12.0 Å². The quantitative estimate of drug-likeness (QED) is 0.382. The minimum absolute atomic E-state index is 0.0576. The standard InChI is InChI=1S/C14H21NO4/c1-2-3-4-8-11-14(17,18)19-15-13(16)12-9-6-5-7-10-12/h5-7,9-10,17-18H,2-4,8,11H2,1H3,(H,15,16). The van der Waals surface area contributed by atoms with Crippen molar-refractivity contribution in [1.82, 2.24) is 5.48 Å². The van der Waals surface area contributed by atoms with Gasteiger partial charge in [-0.1, -0.05) is 44.4 Å². The molecule has 0 unspecified atom stereocenters. The number of amides is 1. The molecule has 19 heavy (non-hydrogen) atoms. The molecule has 1 aromatic carbocycles. The van der Waals surface area contributed by atoms with Gasteiger partial charge in [-0.3, -0.25) is 4.79 Å². The molecule has 0 aromatic heterocycles. The third-order valence-corrected chi connectivity index (χ3v) is 2.70. The zero-order chi connectivity index (χ0) is 14.1. The lowest BCUT2D eigenvalue weighted by Gasteiger charge is -2.21. The number of aliphatic hydroxyl groups is 2. The van der Waals surface area contributed by atoms with Gasteiger partial charge in [-0.05, 0) is 18.6 Å². The fraction of sp³-hybridized carbons (Fsp3) is 0.500. The van der Waals surface area contributed by atoms with E-state index >= 15 is 0 Å². The topological polar surface area (TPSA) is 78.8 Å². The molecule has 0 aliphatic heterocycles. The van der Waals surface area contributed by atoms with E-state index in [4.69, 9.17) is 0 Å². The molecule has 106 valence electrons. The van der Waals surface area contributed by atoms with Gasteiger partial charge < -0.3 is 10.2 Å². The number of benzene rings is 1. The average Bonchev–Trinajstić information content (AvgIpc) is 2.42. The summed E-state index contributed by atoms with van der Waals surface area (Å²) < 4.78 is 0.